The Morgan fingerprint density at radius 2 is 1.68 bits per heavy atom. The van der Waals surface area contributed by atoms with Crippen LogP contribution in [0.3, 0.4) is 0 Å². The number of benzene rings is 2. The van der Waals surface area contributed by atoms with Gasteiger partial charge in [-0.3, -0.25) is 4.79 Å². The summed E-state index contributed by atoms with van der Waals surface area (Å²) in [6.07, 6.45) is 0. The number of amides is 1. The number of quaternary nitrogens is 1. The summed E-state index contributed by atoms with van der Waals surface area (Å²) < 4.78 is 25.2. The van der Waals surface area contributed by atoms with Crippen LogP contribution in [0.4, 0.5) is 5.69 Å². The monoisotopic (exact) mass is 362 g/mol. The molecule has 0 saturated carbocycles. The molecule has 25 heavy (non-hydrogen) atoms. The Labute approximate surface area is 148 Å². The highest BCUT2D eigenvalue weighted by molar-refractivity contribution is 7.89. The van der Waals surface area contributed by atoms with Gasteiger partial charge in [-0.2, -0.15) is 0 Å². The van der Waals surface area contributed by atoms with Crippen LogP contribution < -0.4 is 10.6 Å². The van der Waals surface area contributed by atoms with Gasteiger partial charge in [-0.15, -0.1) is 0 Å². The van der Waals surface area contributed by atoms with Crippen LogP contribution in [-0.4, -0.2) is 39.3 Å². The van der Waals surface area contributed by atoms with Gasteiger partial charge in [-0.1, -0.05) is 30.3 Å². The van der Waals surface area contributed by atoms with Crippen molar-refractivity contribution >= 4 is 21.6 Å². The zero-order valence-corrected chi connectivity index (χ0v) is 15.5. The predicted molar refractivity (Wildman–Crippen MR) is 97.6 cm³/mol. The van der Waals surface area contributed by atoms with E-state index in [0.29, 0.717) is 5.69 Å². The van der Waals surface area contributed by atoms with Gasteiger partial charge in [0.05, 0.1) is 4.90 Å². The molecule has 0 aliphatic rings. The second-order valence-electron chi connectivity index (χ2n) is 6.00. The molecule has 2 aromatic carbocycles. The molecule has 1 atom stereocenters. The van der Waals surface area contributed by atoms with E-state index in [2.05, 4.69) is 5.32 Å². The van der Waals surface area contributed by atoms with Crippen molar-refractivity contribution in [1.82, 2.24) is 4.31 Å². The van der Waals surface area contributed by atoms with E-state index in [1.54, 1.807) is 12.1 Å². The van der Waals surface area contributed by atoms with Gasteiger partial charge in [0.2, 0.25) is 10.0 Å². The Morgan fingerprint density at radius 1 is 1.08 bits per heavy atom. The number of nitrogens with zero attached hydrogens (tertiary/aromatic N) is 1. The molecule has 0 saturated heterocycles. The molecule has 0 aromatic heterocycles. The minimum Gasteiger partial charge on any atom is -0.333 e. The van der Waals surface area contributed by atoms with E-state index in [1.165, 1.54) is 26.2 Å². The van der Waals surface area contributed by atoms with E-state index < -0.39 is 10.0 Å². The van der Waals surface area contributed by atoms with Crippen molar-refractivity contribution in [3.63, 3.8) is 0 Å². The molecular weight excluding hydrogens is 338 g/mol. The Kier molecular flexibility index (Phi) is 6.30. The summed E-state index contributed by atoms with van der Waals surface area (Å²) in [6.45, 7) is 2.33. The van der Waals surface area contributed by atoms with Gasteiger partial charge >= 0.3 is 0 Å². The fourth-order valence-electron chi connectivity index (χ4n) is 2.31. The summed E-state index contributed by atoms with van der Waals surface area (Å²) in [5.74, 6) is -0.133. The van der Waals surface area contributed by atoms with E-state index in [4.69, 9.17) is 0 Å². The predicted octanol–water partition coefficient (Wildman–Crippen LogP) is 1.20. The number of carbonyl (C=O) groups is 1. The fraction of sp³-hybridized carbons (Fsp3) is 0.278. The smallest absolute Gasteiger partial charge is 0.279 e. The third kappa shape index (κ3) is 5.12. The molecule has 0 radical (unpaired) electrons. The van der Waals surface area contributed by atoms with Crippen LogP contribution in [0.15, 0.2) is 59.5 Å². The lowest BCUT2D eigenvalue weighted by molar-refractivity contribution is -0.682. The first-order valence-corrected chi connectivity index (χ1v) is 9.45. The van der Waals surface area contributed by atoms with Crippen molar-refractivity contribution in [3.8, 4) is 0 Å². The lowest BCUT2D eigenvalue weighted by atomic mass is 10.1. The number of carbonyl (C=O) groups excluding carboxylic acids is 1. The number of hydrogen-bond acceptors (Lipinski definition) is 3. The van der Waals surface area contributed by atoms with Gasteiger partial charge in [0.15, 0.2) is 6.54 Å². The Bertz CT molecular complexity index is 803. The molecule has 0 aliphatic heterocycles. The highest BCUT2D eigenvalue weighted by Crippen LogP contribution is 2.16. The summed E-state index contributed by atoms with van der Waals surface area (Å²) in [6, 6.07) is 16.3. The minimum atomic E-state index is -3.46. The summed E-state index contributed by atoms with van der Waals surface area (Å²) in [4.78, 5) is 12.3. The maximum Gasteiger partial charge on any atom is 0.279 e. The van der Waals surface area contributed by atoms with Crippen LogP contribution in [-0.2, 0) is 14.8 Å². The van der Waals surface area contributed by atoms with Crippen molar-refractivity contribution in [1.29, 1.82) is 0 Å². The van der Waals surface area contributed by atoms with Crippen LogP contribution in [0.5, 0.6) is 0 Å². The van der Waals surface area contributed by atoms with E-state index in [9.17, 15) is 13.2 Å². The van der Waals surface area contributed by atoms with E-state index >= 15 is 0 Å². The first-order chi connectivity index (χ1) is 11.8. The van der Waals surface area contributed by atoms with Gasteiger partial charge < -0.3 is 10.6 Å². The van der Waals surface area contributed by atoms with E-state index in [1.807, 2.05) is 42.6 Å². The topological polar surface area (TPSA) is 83.1 Å². The van der Waals surface area contributed by atoms with Crippen LogP contribution in [0.25, 0.3) is 0 Å². The third-order valence-corrected chi connectivity index (χ3v) is 5.73. The molecule has 0 bridgehead atoms. The number of rotatable bonds is 7. The Balaban J connectivity index is 1.91. The first-order valence-electron chi connectivity index (χ1n) is 8.01. The van der Waals surface area contributed by atoms with Crippen molar-refractivity contribution in [2.24, 2.45) is 0 Å². The lowest BCUT2D eigenvalue weighted by Gasteiger charge is -2.13. The molecule has 2 aromatic rings. The van der Waals surface area contributed by atoms with Crippen molar-refractivity contribution in [3.05, 3.63) is 60.2 Å². The Hall–Kier alpha value is -2.22. The van der Waals surface area contributed by atoms with Crippen molar-refractivity contribution < 1.29 is 18.5 Å². The second kappa shape index (κ2) is 8.24. The lowest BCUT2D eigenvalue weighted by Crippen LogP contribution is -2.86. The molecule has 7 heteroatoms. The first kappa shape index (κ1) is 19.1. The van der Waals surface area contributed by atoms with Gasteiger partial charge in [-0.05, 0) is 31.2 Å². The maximum absolute atomic E-state index is 12.1. The van der Waals surface area contributed by atoms with Gasteiger partial charge in [-0.25, -0.2) is 12.7 Å². The molecular formula is C18H24N3O3S+. The number of nitrogens with one attached hydrogen (secondary N) is 1. The van der Waals surface area contributed by atoms with Crippen molar-refractivity contribution in [2.45, 2.75) is 17.9 Å². The molecule has 0 spiro atoms. The van der Waals surface area contributed by atoms with Crippen LogP contribution >= 0.6 is 0 Å². The van der Waals surface area contributed by atoms with Gasteiger partial charge in [0, 0.05) is 25.3 Å². The molecule has 0 aliphatic carbocycles. The molecule has 0 unspecified atom stereocenters. The van der Waals surface area contributed by atoms with Crippen LogP contribution in [0, 0.1) is 0 Å². The molecule has 0 fully saturated rings. The minimum absolute atomic E-state index is 0.133. The highest BCUT2D eigenvalue weighted by atomic mass is 32.2. The fourth-order valence-corrected chi connectivity index (χ4v) is 3.21. The number of anilines is 1. The standard InChI is InChI=1S/C18H23N3O3S/c1-14(15-7-5-4-6-8-15)19-13-18(22)20-16-9-11-17(12-10-16)25(23,24)21(2)3/h4-12,14,19H,13H2,1-3H3,(H,20,22)/p+1/t14-/m0/s1. The highest BCUT2D eigenvalue weighted by Gasteiger charge is 2.17. The molecule has 134 valence electrons. The molecule has 6 nitrogen and oxygen atoms in total. The average molecular weight is 362 g/mol. The largest absolute Gasteiger partial charge is 0.333 e. The normalized spacial score (nSPS) is 12.8. The SMILES string of the molecule is C[C@H]([NH2+]CC(=O)Nc1ccc(S(=O)(=O)N(C)C)cc1)c1ccccc1. The maximum atomic E-state index is 12.1. The summed E-state index contributed by atoms with van der Waals surface area (Å²) in [5, 5.41) is 4.73. The number of sulfonamides is 1. The summed E-state index contributed by atoms with van der Waals surface area (Å²) in [5.41, 5.74) is 1.73. The molecule has 2 rings (SSSR count). The van der Waals surface area contributed by atoms with Gasteiger partial charge in [0.1, 0.15) is 6.04 Å². The quantitative estimate of drug-likeness (QED) is 0.776. The molecule has 3 N–H and O–H groups in total. The zero-order chi connectivity index (χ0) is 18.4. The van der Waals surface area contributed by atoms with Crippen LogP contribution in [0.1, 0.15) is 18.5 Å². The molecule has 1 amide bonds. The Morgan fingerprint density at radius 3 is 2.24 bits per heavy atom. The average Bonchev–Trinajstić information content (AvgIpc) is 2.60. The summed E-state index contributed by atoms with van der Waals surface area (Å²) in [7, 11) is -0.498. The molecule has 0 heterocycles. The van der Waals surface area contributed by atoms with Gasteiger partial charge in [0.25, 0.3) is 5.91 Å². The summed E-state index contributed by atoms with van der Waals surface area (Å²) >= 11 is 0. The van der Waals surface area contributed by atoms with E-state index in [-0.39, 0.29) is 23.4 Å². The number of hydrogen-bond donors (Lipinski definition) is 2. The second-order valence-corrected chi connectivity index (χ2v) is 8.15. The van der Waals surface area contributed by atoms with E-state index in [0.717, 1.165) is 9.87 Å². The van der Waals surface area contributed by atoms with Crippen LogP contribution in [0.2, 0.25) is 0 Å². The van der Waals surface area contributed by atoms with Crippen molar-refractivity contribution in [2.75, 3.05) is 26.0 Å². The zero-order valence-electron chi connectivity index (χ0n) is 14.6. The number of nitrogens with two attached hydrogens (primary N) is 1. The third-order valence-electron chi connectivity index (χ3n) is 3.90.